The van der Waals surface area contributed by atoms with Crippen LogP contribution in [0.25, 0.3) is 0 Å². The maximum Gasteiger partial charge on any atom is 0.211 e. The summed E-state index contributed by atoms with van der Waals surface area (Å²) in [7, 11) is -3.45. The molecule has 0 atom stereocenters. The van der Waals surface area contributed by atoms with Gasteiger partial charge in [-0.15, -0.1) is 0 Å². The molecule has 0 aliphatic carbocycles. The number of benzene rings is 1. The lowest BCUT2D eigenvalue weighted by Gasteiger charge is -2.19. The van der Waals surface area contributed by atoms with Gasteiger partial charge in [0.2, 0.25) is 10.0 Å². The molecule has 0 saturated heterocycles. The largest absolute Gasteiger partial charge is 0.491 e. The van der Waals surface area contributed by atoms with Gasteiger partial charge in [0.1, 0.15) is 12.4 Å². The molecule has 0 unspecified atom stereocenters. The van der Waals surface area contributed by atoms with Crippen LogP contribution in [0.15, 0.2) is 24.3 Å². The molecule has 1 rings (SSSR count). The molecule has 0 saturated carbocycles. The summed E-state index contributed by atoms with van der Waals surface area (Å²) in [5.41, 5.74) is 1.37. The molecule has 0 aromatic heterocycles. The molecular formula is C14H23NO4S. The Labute approximate surface area is 121 Å². The molecule has 0 heterocycles. The Balaban J connectivity index is 2.26. The van der Waals surface area contributed by atoms with Crippen molar-refractivity contribution in [1.29, 1.82) is 0 Å². The first kappa shape index (κ1) is 16.9. The lowest BCUT2D eigenvalue weighted by atomic mass is 9.87. The first-order valence-electron chi connectivity index (χ1n) is 6.50. The normalized spacial score (nSPS) is 12.4. The van der Waals surface area contributed by atoms with E-state index in [0.717, 1.165) is 5.75 Å². The van der Waals surface area contributed by atoms with Crippen LogP contribution < -0.4 is 9.88 Å². The topological polar surface area (TPSA) is 78.6 Å². The molecule has 0 amide bonds. The van der Waals surface area contributed by atoms with Crippen LogP contribution >= 0.6 is 0 Å². The SMILES string of the molecule is CC(C)(C)c1ccc(OCCOCCS(N)(=O)=O)cc1. The van der Waals surface area contributed by atoms with Gasteiger partial charge in [0.15, 0.2) is 0 Å². The van der Waals surface area contributed by atoms with Gasteiger partial charge in [0.05, 0.1) is 19.0 Å². The first-order chi connectivity index (χ1) is 9.18. The van der Waals surface area contributed by atoms with Gasteiger partial charge in [-0.05, 0) is 23.1 Å². The molecule has 0 aliphatic rings. The minimum Gasteiger partial charge on any atom is -0.491 e. The highest BCUT2D eigenvalue weighted by Crippen LogP contribution is 2.24. The average Bonchev–Trinajstić information content (AvgIpc) is 2.32. The number of hydrogen-bond acceptors (Lipinski definition) is 4. The maximum atomic E-state index is 10.7. The number of sulfonamides is 1. The molecule has 1 aromatic rings. The highest BCUT2D eigenvalue weighted by atomic mass is 32.2. The summed E-state index contributed by atoms with van der Waals surface area (Å²) in [5, 5.41) is 4.85. The van der Waals surface area contributed by atoms with Crippen LogP contribution in [0.4, 0.5) is 0 Å². The summed E-state index contributed by atoms with van der Waals surface area (Å²) in [6, 6.07) is 7.92. The molecular weight excluding hydrogens is 278 g/mol. The summed E-state index contributed by atoms with van der Waals surface area (Å²) in [4.78, 5) is 0. The van der Waals surface area contributed by atoms with E-state index in [4.69, 9.17) is 14.6 Å². The van der Waals surface area contributed by atoms with Crippen molar-refractivity contribution in [1.82, 2.24) is 0 Å². The fourth-order valence-corrected chi connectivity index (χ4v) is 1.90. The molecule has 0 aliphatic heterocycles. The van der Waals surface area contributed by atoms with E-state index in [0.29, 0.717) is 13.2 Å². The van der Waals surface area contributed by atoms with Crippen LogP contribution in [0.2, 0.25) is 0 Å². The van der Waals surface area contributed by atoms with Gasteiger partial charge in [-0.1, -0.05) is 32.9 Å². The molecule has 0 fully saturated rings. The van der Waals surface area contributed by atoms with Gasteiger partial charge in [-0.25, -0.2) is 13.6 Å². The second-order valence-corrected chi connectivity index (χ2v) is 7.34. The predicted octanol–water partition coefficient (Wildman–Crippen LogP) is 1.67. The van der Waals surface area contributed by atoms with Gasteiger partial charge in [-0.3, -0.25) is 0 Å². The second kappa shape index (κ2) is 7.06. The number of rotatable bonds is 7. The molecule has 20 heavy (non-hydrogen) atoms. The van der Waals surface area contributed by atoms with Crippen LogP contribution in [-0.2, 0) is 20.2 Å². The van der Waals surface area contributed by atoms with Gasteiger partial charge < -0.3 is 9.47 Å². The van der Waals surface area contributed by atoms with E-state index in [-0.39, 0.29) is 17.8 Å². The van der Waals surface area contributed by atoms with Gasteiger partial charge in [0, 0.05) is 0 Å². The van der Waals surface area contributed by atoms with Crippen molar-refractivity contribution in [3.05, 3.63) is 29.8 Å². The van der Waals surface area contributed by atoms with E-state index in [1.165, 1.54) is 5.56 Å². The van der Waals surface area contributed by atoms with Crippen molar-refractivity contribution in [3.63, 3.8) is 0 Å². The van der Waals surface area contributed by atoms with E-state index < -0.39 is 10.0 Å². The van der Waals surface area contributed by atoms with Crippen molar-refractivity contribution >= 4 is 10.0 Å². The monoisotopic (exact) mass is 301 g/mol. The van der Waals surface area contributed by atoms with Crippen LogP contribution in [0.5, 0.6) is 5.75 Å². The van der Waals surface area contributed by atoms with Crippen molar-refractivity contribution < 1.29 is 17.9 Å². The first-order valence-corrected chi connectivity index (χ1v) is 8.21. The molecule has 0 bridgehead atoms. The summed E-state index contributed by atoms with van der Waals surface area (Å²) in [6.45, 7) is 7.26. The van der Waals surface area contributed by atoms with Crippen LogP contribution in [0.1, 0.15) is 26.3 Å². The van der Waals surface area contributed by atoms with E-state index in [9.17, 15) is 8.42 Å². The zero-order valence-electron chi connectivity index (χ0n) is 12.3. The Bertz CT molecular complexity index is 503. The quantitative estimate of drug-likeness (QED) is 0.777. The molecule has 2 N–H and O–H groups in total. The molecule has 0 radical (unpaired) electrons. The number of ether oxygens (including phenoxy) is 2. The minimum absolute atomic E-state index is 0.0884. The summed E-state index contributed by atoms with van der Waals surface area (Å²) in [5.74, 6) is 0.598. The third kappa shape index (κ3) is 6.88. The third-order valence-corrected chi connectivity index (χ3v) is 3.46. The molecule has 6 heteroatoms. The highest BCUT2D eigenvalue weighted by molar-refractivity contribution is 7.89. The zero-order chi connectivity index (χ0) is 15.2. The molecule has 1 aromatic carbocycles. The Morgan fingerprint density at radius 1 is 1.05 bits per heavy atom. The molecule has 5 nitrogen and oxygen atoms in total. The van der Waals surface area contributed by atoms with E-state index in [2.05, 4.69) is 20.8 Å². The van der Waals surface area contributed by atoms with E-state index in [1.54, 1.807) is 0 Å². The van der Waals surface area contributed by atoms with Gasteiger partial charge in [0.25, 0.3) is 0 Å². The van der Waals surface area contributed by atoms with Crippen molar-refractivity contribution in [2.24, 2.45) is 5.14 Å². The zero-order valence-corrected chi connectivity index (χ0v) is 13.1. The lowest BCUT2D eigenvalue weighted by molar-refractivity contribution is 0.111. The minimum atomic E-state index is -3.45. The fraction of sp³-hybridized carbons (Fsp3) is 0.571. The second-order valence-electron chi connectivity index (χ2n) is 5.60. The van der Waals surface area contributed by atoms with E-state index in [1.807, 2.05) is 24.3 Å². The highest BCUT2D eigenvalue weighted by Gasteiger charge is 2.12. The Morgan fingerprint density at radius 2 is 1.65 bits per heavy atom. The third-order valence-electron chi connectivity index (χ3n) is 2.73. The fourth-order valence-electron chi connectivity index (χ4n) is 1.55. The maximum absolute atomic E-state index is 10.7. The van der Waals surface area contributed by atoms with Crippen LogP contribution in [0, 0.1) is 0 Å². The van der Waals surface area contributed by atoms with Gasteiger partial charge >= 0.3 is 0 Å². The lowest BCUT2D eigenvalue weighted by Crippen LogP contribution is -2.21. The Hall–Kier alpha value is -1.11. The summed E-state index contributed by atoms with van der Waals surface area (Å²) >= 11 is 0. The summed E-state index contributed by atoms with van der Waals surface area (Å²) in [6.07, 6.45) is 0. The smallest absolute Gasteiger partial charge is 0.211 e. The number of primary sulfonamides is 1. The van der Waals surface area contributed by atoms with Crippen molar-refractivity contribution in [2.75, 3.05) is 25.6 Å². The summed E-state index contributed by atoms with van der Waals surface area (Å²) < 4.78 is 32.0. The van der Waals surface area contributed by atoms with Gasteiger partial charge in [-0.2, -0.15) is 0 Å². The molecule has 0 spiro atoms. The van der Waals surface area contributed by atoms with E-state index >= 15 is 0 Å². The van der Waals surface area contributed by atoms with Crippen LogP contribution in [-0.4, -0.2) is 34.0 Å². The number of nitrogens with two attached hydrogens (primary N) is 1. The standard InChI is InChI=1S/C14H23NO4S/c1-14(2,3)12-4-6-13(7-5-12)19-9-8-18-10-11-20(15,16)17/h4-7H,8-11H2,1-3H3,(H2,15,16,17). The number of hydrogen-bond donors (Lipinski definition) is 1. The Kier molecular flexibility index (Phi) is 5.98. The molecule has 114 valence electrons. The predicted molar refractivity (Wildman–Crippen MR) is 79.4 cm³/mol. The Morgan fingerprint density at radius 3 is 2.15 bits per heavy atom. The van der Waals surface area contributed by atoms with Crippen molar-refractivity contribution in [2.45, 2.75) is 26.2 Å². The van der Waals surface area contributed by atoms with Crippen LogP contribution in [0.3, 0.4) is 0 Å². The van der Waals surface area contributed by atoms with Crippen molar-refractivity contribution in [3.8, 4) is 5.75 Å². The average molecular weight is 301 g/mol.